The number of carbonyl (C=O) groups excluding carboxylic acids is 4. The molecule has 2 aromatic heterocycles. The molecule has 428 valence electrons. The highest BCUT2D eigenvalue weighted by atomic mass is 33.1. The topological polar surface area (TPSA) is 381 Å². The van der Waals surface area contributed by atoms with Crippen molar-refractivity contribution in [3.05, 3.63) is 82.8 Å². The zero-order valence-corrected chi connectivity index (χ0v) is 48.4. The molecule has 5 unspecified atom stereocenters. The van der Waals surface area contributed by atoms with Crippen molar-refractivity contribution in [3.8, 4) is 11.8 Å². The van der Waals surface area contributed by atoms with Crippen LogP contribution < -0.4 is 22.1 Å². The Morgan fingerprint density at radius 2 is 1.58 bits per heavy atom. The van der Waals surface area contributed by atoms with Crippen LogP contribution in [-0.4, -0.2) is 135 Å². The quantitative estimate of drug-likeness (QED) is 0.00883. The molecule has 78 heavy (non-hydrogen) atoms. The molecule has 4 aromatic rings. The fourth-order valence-corrected chi connectivity index (χ4v) is 14.1. The van der Waals surface area contributed by atoms with Gasteiger partial charge in [-0.15, -0.1) is 0 Å². The summed E-state index contributed by atoms with van der Waals surface area (Å²) in [5, 5.41) is 5.52. The second-order valence-electron chi connectivity index (χ2n) is 16.5. The van der Waals surface area contributed by atoms with Gasteiger partial charge in [-0.05, 0) is 68.5 Å². The number of ether oxygens (including phenoxy) is 5. The van der Waals surface area contributed by atoms with E-state index in [0.717, 1.165) is 5.56 Å². The van der Waals surface area contributed by atoms with Crippen molar-refractivity contribution in [2.75, 3.05) is 76.3 Å². The van der Waals surface area contributed by atoms with Crippen LogP contribution in [-0.2, 0) is 60.1 Å². The first-order valence-corrected chi connectivity index (χ1v) is 33.3. The number of anilines is 2. The first-order valence-electron chi connectivity index (χ1n) is 23.5. The van der Waals surface area contributed by atoms with E-state index in [1.54, 1.807) is 64.1 Å². The summed E-state index contributed by atoms with van der Waals surface area (Å²) in [5.41, 5.74) is 14.5. The second-order valence-corrected chi connectivity index (χ2v) is 26.5. The number of hydrogen-bond donors (Lipinski definition) is 8. The van der Waals surface area contributed by atoms with Crippen molar-refractivity contribution in [2.45, 2.75) is 68.5 Å². The lowest BCUT2D eigenvalue weighted by molar-refractivity contribution is -0.121. The lowest BCUT2D eigenvalue weighted by Gasteiger charge is -2.22. The number of rotatable bonds is 31. The van der Waals surface area contributed by atoms with E-state index in [-0.39, 0.29) is 78.2 Å². The maximum absolute atomic E-state index is 13.8. The highest BCUT2D eigenvalue weighted by molar-refractivity contribution is 8.76. The Morgan fingerprint density at radius 3 is 2.28 bits per heavy atom. The molecule has 0 spiro atoms. The number of amides is 2. The number of phosphoric acid groups is 3. The molecule has 7 atom stereocenters. The smallest absolute Gasteiger partial charge is 0.462 e. The molecular formula is C45H60N7O19P3S4. The fraction of sp³-hybridized carbons (Fsp3) is 0.467. The Hall–Kier alpha value is -4.05. The van der Waals surface area contributed by atoms with Gasteiger partial charge in [0.2, 0.25) is 11.8 Å². The Kier molecular flexibility index (Phi) is 25.9. The monoisotopic (exact) mass is 1220 g/mol. The predicted octanol–water partition coefficient (Wildman–Crippen LogP) is 6.44. The van der Waals surface area contributed by atoms with Gasteiger partial charge in [-0.25, -0.2) is 33.3 Å². The molecule has 1 aliphatic heterocycles. The lowest BCUT2D eigenvalue weighted by Crippen LogP contribution is -2.31. The summed E-state index contributed by atoms with van der Waals surface area (Å²) >= 11 is 0. The highest BCUT2D eigenvalue weighted by Gasteiger charge is 2.45. The van der Waals surface area contributed by atoms with Gasteiger partial charge in [-0.3, -0.25) is 14.1 Å². The van der Waals surface area contributed by atoms with Crippen LogP contribution in [0.4, 0.5) is 11.5 Å². The van der Waals surface area contributed by atoms with Crippen molar-refractivity contribution < 1.29 is 89.3 Å². The number of carbonyl (C=O) groups is 4. The molecule has 0 radical (unpaired) electrons. The van der Waals surface area contributed by atoms with Gasteiger partial charge in [0.05, 0.1) is 61.7 Å². The molecule has 2 amide bonds. The third-order valence-corrected chi connectivity index (χ3v) is 19.0. The second kappa shape index (κ2) is 31.2. The number of benzene rings is 2. The van der Waals surface area contributed by atoms with Crippen LogP contribution in [0, 0.1) is 11.8 Å². The minimum atomic E-state index is -5.86. The van der Waals surface area contributed by atoms with Crippen LogP contribution in [0.15, 0.2) is 55.0 Å². The van der Waals surface area contributed by atoms with E-state index in [1.807, 2.05) is 26.4 Å². The lowest BCUT2D eigenvalue weighted by atomic mass is 10.0. The molecule has 0 saturated carbocycles. The van der Waals surface area contributed by atoms with E-state index in [1.165, 1.54) is 38.7 Å². The average Bonchev–Trinajstić information content (AvgIpc) is 4.01. The third-order valence-electron chi connectivity index (χ3n) is 10.8. The first-order chi connectivity index (χ1) is 37.0. The molecule has 1 fully saturated rings. The summed E-state index contributed by atoms with van der Waals surface area (Å²) in [6.45, 7) is 3.89. The number of nitrogen functional groups attached to an aromatic ring is 1. The van der Waals surface area contributed by atoms with Gasteiger partial charge in [0.1, 0.15) is 42.8 Å². The van der Waals surface area contributed by atoms with Gasteiger partial charge in [0, 0.05) is 41.8 Å². The number of nitrogens with two attached hydrogens (primary N) is 2. The molecular weight excluding hydrogens is 1160 g/mol. The van der Waals surface area contributed by atoms with Gasteiger partial charge in [-0.1, -0.05) is 79.3 Å². The number of aromatic nitrogens is 3. The Morgan fingerprint density at radius 1 is 0.872 bits per heavy atom. The summed E-state index contributed by atoms with van der Waals surface area (Å²) < 4.78 is 78.4. The molecule has 1 aliphatic rings. The molecule has 5 rings (SSSR count). The number of esters is 2. The van der Waals surface area contributed by atoms with Gasteiger partial charge in [0.25, 0.3) is 0 Å². The van der Waals surface area contributed by atoms with E-state index in [4.69, 9.17) is 49.5 Å². The molecule has 0 bridgehead atoms. The van der Waals surface area contributed by atoms with E-state index < -0.39 is 66.4 Å². The molecule has 3 heterocycles. The van der Waals surface area contributed by atoms with E-state index in [0.29, 0.717) is 54.8 Å². The van der Waals surface area contributed by atoms with Gasteiger partial charge in [-0.2, -0.15) is 8.62 Å². The number of nitrogens with zero attached hydrogens (tertiary/aromatic N) is 3. The summed E-state index contributed by atoms with van der Waals surface area (Å²) in [7, 11) is -11.1. The maximum atomic E-state index is 13.8. The Balaban J connectivity index is 1.21. The van der Waals surface area contributed by atoms with Crippen molar-refractivity contribution in [3.63, 3.8) is 0 Å². The predicted molar refractivity (Wildman–Crippen MR) is 295 cm³/mol. The summed E-state index contributed by atoms with van der Waals surface area (Å²) in [6.07, 6.45) is 3.48. The van der Waals surface area contributed by atoms with Crippen molar-refractivity contribution in [1.82, 2.24) is 19.9 Å². The SMILES string of the molecule is CSSC(C)c1ccc(NC(=O)COCCOCCN)cc1C(=O)OCCCCC(=O)NCC#Cc1cn([C@H]2C[C@@H](OC(=O)c3ccccc3C(C)SSC)C(COP(=O)(O)OP(=O)(O)OP(=O)(O)O)O2)c2ncnc(N)c12. The van der Waals surface area contributed by atoms with Crippen LogP contribution >= 0.6 is 66.6 Å². The van der Waals surface area contributed by atoms with Crippen molar-refractivity contribution in [2.24, 2.45) is 5.73 Å². The van der Waals surface area contributed by atoms with Gasteiger partial charge >= 0.3 is 35.4 Å². The highest BCUT2D eigenvalue weighted by Crippen LogP contribution is 2.66. The zero-order valence-electron chi connectivity index (χ0n) is 42.5. The van der Waals surface area contributed by atoms with E-state index in [2.05, 4.69) is 41.1 Å². The van der Waals surface area contributed by atoms with Crippen LogP contribution in [0.5, 0.6) is 0 Å². The van der Waals surface area contributed by atoms with Gasteiger partial charge < -0.3 is 69.9 Å². The van der Waals surface area contributed by atoms with Crippen LogP contribution in [0.2, 0.25) is 0 Å². The fourth-order valence-electron chi connectivity index (χ4n) is 7.50. The van der Waals surface area contributed by atoms with Crippen molar-refractivity contribution in [1.29, 1.82) is 0 Å². The minimum absolute atomic E-state index is 0.0207. The Bertz CT molecular complexity index is 2930. The summed E-state index contributed by atoms with van der Waals surface area (Å²) in [6, 6.07) is 11.8. The van der Waals surface area contributed by atoms with Gasteiger partial charge in [0.15, 0.2) is 0 Å². The average molecular weight is 1220 g/mol. The minimum Gasteiger partial charge on any atom is -0.462 e. The van der Waals surface area contributed by atoms with Crippen molar-refractivity contribution >= 4 is 113 Å². The van der Waals surface area contributed by atoms with Crippen LogP contribution in [0.1, 0.15) is 93.7 Å². The third kappa shape index (κ3) is 20.5. The molecule has 1 saturated heterocycles. The standard InChI is InChI=1S/C45H60N7O19P3S4/c1-28(77-75-3)32-11-5-6-12-34(32)45(56)69-36-23-40(68-37(36)25-67-73(60,61)71-74(62,63)70-72(57,58)59)52-24-30(41-42(47)49-27-50-43(41)52)10-9-17-48-38(53)13-7-8-18-66-44(55)35-22-31(14-15-33(35)29(2)78-76-4)51-39(54)26-65-21-20-64-19-16-46/h5-6,11-12,14-15,22,24,27-29,36-37,40H,7-8,13,16-21,23,25-26,46H2,1-4H3,(H,48,53)(H,51,54)(H,60,61)(H,62,63)(H2,47,49,50)(H2,57,58,59)/t28?,29?,36-,37?,40-/m1/s1. The maximum Gasteiger partial charge on any atom is 0.490 e. The van der Waals surface area contributed by atoms with E-state index >= 15 is 0 Å². The zero-order chi connectivity index (χ0) is 57.0. The summed E-state index contributed by atoms with van der Waals surface area (Å²) in [5.74, 6) is 3.74. The molecule has 26 nitrogen and oxygen atoms in total. The number of phosphoric ester groups is 1. The molecule has 2 aromatic carbocycles. The van der Waals surface area contributed by atoms with Crippen LogP contribution in [0.25, 0.3) is 11.0 Å². The first kappa shape index (κ1) is 64.8. The molecule has 0 aliphatic carbocycles. The largest absolute Gasteiger partial charge is 0.490 e. The molecule has 33 heteroatoms. The summed E-state index contributed by atoms with van der Waals surface area (Å²) in [4.78, 5) is 98.9. The number of nitrogens with one attached hydrogen (secondary N) is 2. The molecule has 10 N–H and O–H groups in total. The number of unbranched alkanes of at least 4 members (excludes halogenated alkanes) is 1. The Labute approximate surface area is 464 Å². The number of fused-ring (bicyclic) bond motifs is 1. The number of hydrogen-bond acceptors (Lipinski definition) is 23. The normalized spacial score (nSPS) is 17.7. The van der Waals surface area contributed by atoms with Crippen LogP contribution in [0.3, 0.4) is 0 Å². The van der Waals surface area contributed by atoms with E-state index in [9.17, 15) is 42.7 Å².